The normalized spacial score (nSPS) is 4.30. The summed E-state index contributed by atoms with van der Waals surface area (Å²) in [6, 6.07) is 0. The van der Waals surface area contributed by atoms with Gasteiger partial charge in [-0.15, -0.1) is 197 Å². The molecule has 0 atom stereocenters. The molecule has 0 unspecified atom stereocenters. The Morgan fingerprint density at radius 1 is 0.352 bits per heavy atom. The Kier molecular flexibility index (Phi) is 1710. The number of hydrogen-bond donors (Lipinski definition) is 6. The minimum Gasteiger partial charge on any atom is -0.478 e. The van der Waals surface area contributed by atoms with Crippen LogP contribution in [0.4, 0.5) is 0 Å². The summed E-state index contributed by atoms with van der Waals surface area (Å²) in [4.78, 5) is 19.2. The molecule has 0 aliphatic rings. The van der Waals surface area contributed by atoms with Gasteiger partial charge in [-0.2, -0.15) is 0 Å². The number of allylic oxidation sites excluding steroid dienone is 2. The van der Waals surface area contributed by atoms with E-state index >= 15 is 0 Å². The quantitative estimate of drug-likeness (QED) is 0.122. The summed E-state index contributed by atoms with van der Waals surface area (Å²) in [5, 5.41) is 46.3. The van der Waals surface area contributed by atoms with Gasteiger partial charge in [0.05, 0.1) is 26.4 Å². The number of aliphatic hydroxyl groups excluding tert-OH is 4. The van der Waals surface area contributed by atoms with E-state index in [0.717, 1.165) is 0 Å². The number of carboxylic acids is 2. The molecule has 0 aromatic heterocycles. The van der Waals surface area contributed by atoms with Crippen molar-refractivity contribution < 1.29 is 40.2 Å². The molecule has 0 spiro atoms. The number of aliphatic hydroxyl groups is 4. The highest BCUT2D eigenvalue weighted by Gasteiger charge is 1.90. The van der Waals surface area contributed by atoms with Crippen molar-refractivity contribution in [2.24, 2.45) is 0 Å². The molecule has 0 fully saturated rings. The average Bonchev–Trinajstić information content (AvgIpc) is 3.28. The first-order valence-corrected chi connectivity index (χ1v) is 14.3. The van der Waals surface area contributed by atoms with Crippen LogP contribution in [0.3, 0.4) is 0 Å². The number of carboxylic acid groups (broad SMARTS) is 2. The monoisotopic (exact) mass is 773 g/mol. The molecule has 0 amide bonds. The van der Waals surface area contributed by atoms with E-state index in [1.165, 1.54) is 13.8 Å². The first-order chi connectivity index (χ1) is 25.9. The van der Waals surface area contributed by atoms with Crippen molar-refractivity contribution >= 4 is 11.9 Å². The van der Waals surface area contributed by atoms with Crippen molar-refractivity contribution in [3.8, 4) is 0 Å². The Labute approximate surface area is 339 Å². The molecule has 0 bridgehead atoms. The van der Waals surface area contributed by atoms with Crippen LogP contribution in [0.25, 0.3) is 0 Å². The molecule has 54 heavy (non-hydrogen) atoms. The summed E-state index contributed by atoms with van der Waals surface area (Å²) in [5.41, 5.74) is 0.352. The van der Waals surface area contributed by atoms with E-state index in [2.05, 4.69) is 211 Å². The van der Waals surface area contributed by atoms with Crippen LogP contribution in [-0.2, 0) is 9.59 Å². The van der Waals surface area contributed by atoms with Crippen molar-refractivity contribution in [2.75, 3.05) is 26.4 Å². The van der Waals surface area contributed by atoms with Crippen LogP contribution in [0.5, 0.6) is 0 Å². The fourth-order valence-electron chi connectivity index (χ4n) is 0. The summed E-state index contributed by atoms with van der Waals surface area (Å²) >= 11 is 0. The Hall–Kier alpha value is -5.90. The molecule has 0 saturated heterocycles. The number of aliphatic carboxylic acids is 2. The van der Waals surface area contributed by atoms with E-state index in [4.69, 9.17) is 30.6 Å². The molecule has 8 heteroatoms. The third kappa shape index (κ3) is 5580. The first-order valence-electron chi connectivity index (χ1n) is 14.3. The molecule has 0 aromatic carbocycles. The molecule has 0 rings (SSSR count). The molecule has 324 valence electrons. The van der Waals surface area contributed by atoms with Gasteiger partial charge in [0.2, 0.25) is 0 Å². The summed E-state index contributed by atoms with van der Waals surface area (Å²) in [6.45, 7) is 103. The second kappa shape index (κ2) is 684. The number of hydrogen-bond acceptors (Lipinski definition) is 6. The van der Waals surface area contributed by atoms with Gasteiger partial charge in [-0.1, -0.05) is 25.3 Å². The third-order valence-corrected chi connectivity index (χ3v) is 0.930. The van der Waals surface area contributed by atoms with Gasteiger partial charge in [-0.25, -0.2) is 9.59 Å². The number of rotatable bonds is 4. The Balaban J connectivity index is -0.0000000128. The second-order valence-electron chi connectivity index (χ2n) is 3.88. The zero-order chi connectivity index (χ0) is 50.6. The predicted molar refractivity (Wildman–Crippen MR) is 263 cm³/mol. The molecule has 0 aromatic rings. The van der Waals surface area contributed by atoms with E-state index in [1.54, 1.807) is 12.2 Å². The largest absolute Gasteiger partial charge is 0.478 e. The lowest BCUT2D eigenvalue weighted by atomic mass is 10.4. The molecule has 0 radical (unpaired) electrons. The van der Waals surface area contributed by atoms with Crippen molar-refractivity contribution in [1.82, 2.24) is 0 Å². The maximum absolute atomic E-state index is 9.60. The first kappa shape index (κ1) is 135. The minimum atomic E-state index is -0.935. The number of carbonyl (C=O) groups is 2. The topological polar surface area (TPSA) is 156 Å². The van der Waals surface area contributed by atoms with Crippen molar-refractivity contribution in [3.05, 3.63) is 234 Å². The van der Waals surface area contributed by atoms with Crippen LogP contribution in [-0.4, -0.2) is 69.0 Å². The zero-order valence-electron chi connectivity index (χ0n) is 36.1. The third-order valence-electron chi connectivity index (χ3n) is 0.930. The molecular weight excluding hydrogens is 680 g/mol. The lowest BCUT2D eigenvalue weighted by Gasteiger charge is -1.79. The molecule has 0 aliphatic heterocycles. The van der Waals surface area contributed by atoms with E-state index in [0.29, 0.717) is 0 Å². The lowest BCUT2D eigenvalue weighted by Crippen LogP contribution is -1.92. The summed E-state index contributed by atoms with van der Waals surface area (Å²) < 4.78 is 0. The lowest BCUT2D eigenvalue weighted by molar-refractivity contribution is -0.133. The van der Waals surface area contributed by atoms with Crippen molar-refractivity contribution in [2.45, 2.75) is 27.7 Å². The predicted octanol–water partition coefficient (Wildman–Crippen LogP) is 12.9. The Morgan fingerprint density at radius 3 is 0.389 bits per heavy atom. The van der Waals surface area contributed by atoms with Gasteiger partial charge < -0.3 is 30.6 Å². The fourth-order valence-corrected chi connectivity index (χ4v) is 0. The van der Waals surface area contributed by atoms with Crippen LogP contribution in [0.1, 0.15) is 27.7 Å². The molecule has 0 aliphatic carbocycles. The molecule has 6 N–H and O–H groups in total. The zero-order valence-corrected chi connectivity index (χ0v) is 36.1. The maximum atomic E-state index is 9.60. The van der Waals surface area contributed by atoms with Gasteiger partial charge in [-0.3, -0.25) is 0 Å². The second-order valence-corrected chi connectivity index (χ2v) is 3.88. The highest BCUT2D eigenvalue weighted by Crippen LogP contribution is 1.81. The van der Waals surface area contributed by atoms with Crippen LogP contribution in [0.2, 0.25) is 0 Å². The van der Waals surface area contributed by atoms with Crippen molar-refractivity contribution in [3.63, 3.8) is 0 Å². The van der Waals surface area contributed by atoms with Crippen LogP contribution < -0.4 is 0 Å². The molecule has 0 saturated carbocycles. The molecule has 0 heterocycles. The molecule has 8 nitrogen and oxygen atoms in total. The smallest absolute Gasteiger partial charge is 0.330 e. The van der Waals surface area contributed by atoms with Gasteiger partial charge in [0.1, 0.15) is 0 Å². The Bertz CT molecular complexity index is 434. The van der Waals surface area contributed by atoms with E-state index in [1.807, 2.05) is 13.8 Å². The summed E-state index contributed by atoms with van der Waals surface area (Å²) in [5.74, 6) is -1.87. The average molecular weight is 773 g/mol. The summed E-state index contributed by atoms with van der Waals surface area (Å²) in [6.07, 6.45) is 3.50. The maximum Gasteiger partial charge on any atom is 0.330 e. The van der Waals surface area contributed by atoms with Crippen LogP contribution >= 0.6 is 0 Å². The van der Waals surface area contributed by atoms with E-state index < -0.39 is 11.9 Å². The molecular formula is C46H92O8. The SMILES string of the molecule is C=C.C=C.C=C.C=C.C=C.C=C.C=C.C=C.C=C.C=C.C=C.C=C.C=C.C=C.C=C(C)C(=O)O.C=C(C)C(=O)O.C=CC.C=CC.OCCO.OCCO. The van der Waals surface area contributed by atoms with Gasteiger partial charge >= 0.3 is 11.9 Å². The standard InChI is InChI=1S/2C4H6O2.2C3H6.2C2H6O2.14C2H4/c2*1-3(2)4(5)6;2*1-3-2;2*3-1-2-4;14*1-2/h2*1H2,2H3,(H,5,6);2*3H,1H2,2H3;2*3-4H,1-2H2;14*1-2H2. The van der Waals surface area contributed by atoms with Gasteiger partial charge in [-0.05, 0) is 27.7 Å². The van der Waals surface area contributed by atoms with E-state index in [-0.39, 0.29) is 37.6 Å². The highest BCUT2D eigenvalue weighted by atomic mass is 16.4. The van der Waals surface area contributed by atoms with Crippen LogP contribution in [0, 0.1) is 0 Å². The fraction of sp³-hybridized carbons (Fsp3) is 0.174. The minimum absolute atomic E-state index is 0.125. The van der Waals surface area contributed by atoms with Crippen LogP contribution in [0.15, 0.2) is 234 Å². The highest BCUT2D eigenvalue weighted by molar-refractivity contribution is 5.85. The van der Waals surface area contributed by atoms with Gasteiger partial charge in [0, 0.05) is 11.1 Å². The van der Waals surface area contributed by atoms with E-state index in [9.17, 15) is 9.59 Å². The van der Waals surface area contributed by atoms with Crippen molar-refractivity contribution in [1.29, 1.82) is 0 Å². The van der Waals surface area contributed by atoms with Gasteiger partial charge in [0.25, 0.3) is 0 Å². The van der Waals surface area contributed by atoms with Gasteiger partial charge in [0.15, 0.2) is 0 Å². The summed E-state index contributed by atoms with van der Waals surface area (Å²) in [7, 11) is 0. The Morgan fingerprint density at radius 2 is 0.389 bits per heavy atom.